The highest BCUT2D eigenvalue weighted by atomic mass is 32.2. The Morgan fingerprint density at radius 2 is 1.35 bits per heavy atom. The third-order valence-corrected chi connectivity index (χ3v) is 5.62. The number of carboxylic acids is 1. The fourth-order valence-corrected chi connectivity index (χ4v) is 3.04. The van der Waals surface area contributed by atoms with E-state index in [0.29, 0.717) is 6.92 Å². The zero-order valence-corrected chi connectivity index (χ0v) is 12.2. The fourth-order valence-electron chi connectivity index (χ4n) is 1.41. The number of carboxylic acid groups (broad SMARTS) is 1. The van der Waals surface area contributed by atoms with E-state index in [-0.39, 0.29) is 0 Å². The first-order valence-electron chi connectivity index (χ1n) is 5.83. The molecule has 0 amide bonds. The van der Waals surface area contributed by atoms with Crippen molar-refractivity contribution in [1.29, 1.82) is 0 Å². The fraction of sp³-hybridized carbons (Fsp3) is 0.900. The maximum Gasteiger partial charge on any atom is 0.453 e. The van der Waals surface area contributed by atoms with Crippen LogP contribution in [0.15, 0.2) is 0 Å². The van der Waals surface area contributed by atoms with Crippen molar-refractivity contribution in [2.45, 2.75) is 49.2 Å². The van der Waals surface area contributed by atoms with E-state index in [2.05, 4.69) is 0 Å². The molecule has 0 saturated heterocycles. The Morgan fingerprint density at radius 3 is 1.65 bits per heavy atom. The van der Waals surface area contributed by atoms with Crippen LogP contribution < -0.4 is 0 Å². The van der Waals surface area contributed by atoms with Crippen LogP contribution in [0.4, 0.5) is 35.1 Å². The van der Waals surface area contributed by atoms with Gasteiger partial charge in [-0.1, -0.05) is 0 Å². The highest BCUT2D eigenvalue weighted by Crippen LogP contribution is 2.41. The Morgan fingerprint density at radius 1 is 0.913 bits per heavy atom. The third kappa shape index (κ3) is 5.46. The number of sulfone groups is 1. The van der Waals surface area contributed by atoms with Crippen LogP contribution in [-0.4, -0.2) is 48.3 Å². The molecule has 13 heteroatoms. The summed E-state index contributed by atoms with van der Waals surface area (Å²) in [5, 5.41) is 8.81. The van der Waals surface area contributed by atoms with Gasteiger partial charge in [0, 0.05) is 6.42 Å². The van der Waals surface area contributed by atoms with Gasteiger partial charge in [-0.05, 0) is 13.3 Å². The maximum atomic E-state index is 12.8. The molecular formula is C10H12F8O4S. The average molecular weight is 380 g/mol. The first-order chi connectivity index (χ1) is 9.86. The lowest BCUT2D eigenvalue weighted by Crippen LogP contribution is -2.48. The summed E-state index contributed by atoms with van der Waals surface area (Å²) >= 11 is 0. The number of hydrogen-bond acceptors (Lipinski definition) is 3. The van der Waals surface area contributed by atoms with Crippen molar-refractivity contribution in [3.8, 4) is 0 Å². The number of carbonyl (C=O) groups is 1. The summed E-state index contributed by atoms with van der Waals surface area (Å²) in [5.74, 6) is -9.42. The summed E-state index contributed by atoms with van der Waals surface area (Å²) in [6.45, 7) is 0.299. The molecule has 0 aliphatic carbocycles. The Kier molecular flexibility index (Phi) is 6.08. The van der Waals surface area contributed by atoms with Gasteiger partial charge < -0.3 is 5.11 Å². The Bertz CT molecular complexity index is 536. The van der Waals surface area contributed by atoms with E-state index in [1.807, 2.05) is 0 Å². The second-order valence-electron chi connectivity index (χ2n) is 4.92. The van der Waals surface area contributed by atoms with Gasteiger partial charge in [0.15, 0.2) is 14.6 Å². The molecule has 0 spiro atoms. The van der Waals surface area contributed by atoms with Crippen LogP contribution in [-0.2, 0) is 14.6 Å². The van der Waals surface area contributed by atoms with Crippen molar-refractivity contribution in [3.05, 3.63) is 0 Å². The summed E-state index contributed by atoms with van der Waals surface area (Å²) in [4.78, 5) is 11.0. The zero-order chi connectivity index (χ0) is 18.9. The molecule has 23 heavy (non-hydrogen) atoms. The SMILES string of the molecule is CC(CCC(F)(F)C(F)(F)F)(C(=O)O)S(=O)(=O)CCC(F)(F)F. The van der Waals surface area contributed by atoms with Gasteiger partial charge in [0.1, 0.15) is 0 Å². The van der Waals surface area contributed by atoms with Crippen molar-refractivity contribution in [2.75, 3.05) is 5.75 Å². The first kappa shape index (κ1) is 21.9. The molecule has 0 fully saturated rings. The smallest absolute Gasteiger partial charge is 0.453 e. The van der Waals surface area contributed by atoms with E-state index in [1.165, 1.54) is 0 Å². The minimum Gasteiger partial charge on any atom is -0.480 e. The minimum absolute atomic E-state index is 0.299. The largest absolute Gasteiger partial charge is 0.480 e. The van der Waals surface area contributed by atoms with Crippen molar-refractivity contribution >= 4 is 15.8 Å². The van der Waals surface area contributed by atoms with Gasteiger partial charge in [-0.3, -0.25) is 4.79 Å². The highest BCUT2D eigenvalue weighted by molar-refractivity contribution is 7.93. The summed E-state index contributed by atoms with van der Waals surface area (Å²) in [5.41, 5.74) is 0. The molecule has 1 N–H and O–H groups in total. The number of rotatable bonds is 7. The normalized spacial score (nSPS) is 16.9. The van der Waals surface area contributed by atoms with E-state index in [9.17, 15) is 48.3 Å². The summed E-state index contributed by atoms with van der Waals surface area (Å²) in [7, 11) is -5.14. The Balaban J connectivity index is 5.41. The molecule has 0 saturated carbocycles. The minimum atomic E-state index is -6.04. The number of aliphatic carboxylic acids is 1. The van der Waals surface area contributed by atoms with E-state index in [4.69, 9.17) is 5.11 Å². The molecule has 0 rings (SSSR count). The summed E-state index contributed by atoms with van der Waals surface area (Å²) < 4.78 is 118. The Hall–Kier alpha value is -1.14. The predicted octanol–water partition coefficient (Wildman–Crippen LogP) is 3.17. The zero-order valence-electron chi connectivity index (χ0n) is 11.4. The lowest BCUT2D eigenvalue weighted by Gasteiger charge is -2.28. The molecule has 4 nitrogen and oxygen atoms in total. The predicted molar refractivity (Wildman–Crippen MR) is 60.7 cm³/mol. The monoisotopic (exact) mass is 380 g/mol. The van der Waals surface area contributed by atoms with Gasteiger partial charge in [-0.25, -0.2) is 8.42 Å². The molecule has 0 aromatic rings. The molecule has 0 aliphatic rings. The highest BCUT2D eigenvalue weighted by Gasteiger charge is 2.59. The number of alkyl halides is 8. The molecule has 0 aromatic carbocycles. The second-order valence-corrected chi connectivity index (χ2v) is 7.46. The topological polar surface area (TPSA) is 71.4 Å². The molecule has 1 atom stereocenters. The standard InChI is InChI=1S/C10H12F8O4S/c1-7(6(19)20,2-3-8(11,12)10(16,17)18)23(21,22)5-4-9(13,14)15/h2-5H2,1H3,(H,19,20). The van der Waals surface area contributed by atoms with Gasteiger partial charge in [0.25, 0.3) is 0 Å². The molecular weight excluding hydrogens is 368 g/mol. The van der Waals surface area contributed by atoms with Crippen molar-refractivity contribution in [3.63, 3.8) is 0 Å². The molecule has 0 radical (unpaired) electrons. The van der Waals surface area contributed by atoms with Crippen molar-refractivity contribution in [1.82, 2.24) is 0 Å². The van der Waals surface area contributed by atoms with Gasteiger partial charge in [0.05, 0.1) is 12.2 Å². The van der Waals surface area contributed by atoms with Crippen molar-refractivity contribution in [2.24, 2.45) is 0 Å². The summed E-state index contributed by atoms with van der Waals surface area (Å²) in [6, 6.07) is 0. The quantitative estimate of drug-likeness (QED) is 0.689. The van der Waals surface area contributed by atoms with Crippen LogP contribution in [0.2, 0.25) is 0 Å². The van der Waals surface area contributed by atoms with E-state index in [0.717, 1.165) is 0 Å². The maximum absolute atomic E-state index is 12.8. The molecule has 1 unspecified atom stereocenters. The molecule has 138 valence electrons. The molecule has 0 heterocycles. The van der Waals surface area contributed by atoms with Crippen LogP contribution >= 0.6 is 0 Å². The molecule has 0 aromatic heterocycles. The number of halogens is 8. The van der Waals surface area contributed by atoms with Gasteiger partial charge in [-0.2, -0.15) is 35.1 Å². The van der Waals surface area contributed by atoms with Gasteiger partial charge in [-0.15, -0.1) is 0 Å². The van der Waals surface area contributed by atoms with Crippen LogP contribution in [0.3, 0.4) is 0 Å². The van der Waals surface area contributed by atoms with Crippen LogP contribution in [0.25, 0.3) is 0 Å². The van der Waals surface area contributed by atoms with Gasteiger partial charge >= 0.3 is 24.2 Å². The van der Waals surface area contributed by atoms with Crippen LogP contribution in [0.5, 0.6) is 0 Å². The van der Waals surface area contributed by atoms with E-state index < -0.39 is 63.8 Å². The molecule has 0 bridgehead atoms. The van der Waals surface area contributed by atoms with E-state index >= 15 is 0 Å². The first-order valence-corrected chi connectivity index (χ1v) is 7.48. The van der Waals surface area contributed by atoms with Crippen LogP contribution in [0, 0.1) is 0 Å². The average Bonchev–Trinajstić information content (AvgIpc) is 2.31. The molecule has 0 aliphatic heterocycles. The summed E-state index contributed by atoms with van der Waals surface area (Å²) in [6.07, 6.45) is -16.8. The lowest BCUT2D eigenvalue weighted by molar-refractivity contribution is -0.284. The van der Waals surface area contributed by atoms with E-state index in [1.54, 1.807) is 0 Å². The van der Waals surface area contributed by atoms with Gasteiger partial charge in [0.2, 0.25) is 0 Å². The second kappa shape index (κ2) is 6.40. The van der Waals surface area contributed by atoms with Crippen molar-refractivity contribution < 1.29 is 53.4 Å². The Labute approximate surface area is 125 Å². The lowest BCUT2D eigenvalue weighted by atomic mass is 10.0. The number of hydrogen-bond donors (Lipinski definition) is 1. The van der Waals surface area contributed by atoms with Crippen LogP contribution in [0.1, 0.15) is 26.2 Å². The third-order valence-electron chi connectivity index (χ3n) is 3.12.